The van der Waals surface area contributed by atoms with Gasteiger partial charge in [-0.1, -0.05) is 18.2 Å². The van der Waals surface area contributed by atoms with Crippen molar-refractivity contribution >= 4 is 0 Å². The summed E-state index contributed by atoms with van der Waals surface area (Å²) < 4.78 is 5.49. The van der Waals surface area contributed by atoms with Gasteiger partial charge in [0.15, 0.2) is 0 Å². The van der Waals surface area contributed by atoms with Crippen LogP contribution in [0.5, 0.6) is 5.75 Å². The van der Waals surface area contributed by atoms with Crippen LogP contribution in [0.15, 0.2) is 30.3 Å². The molecule has 0 saturated carbocycles. The Labute approximate surface area is 127 Å². The fourth-order valence-corrected chi connectivity index (χ4v) is 2.82. The smallest absolute Gasteiger partial charge is 0.119 e. The Kier molecular flexibility index (Phi) is 4.69. The lowest BCUT2D eigenvalue weighted by molar-refractivity contribution is 0.340. The monoisotopic (exact) mass is 283 g/mol. The molecular formula is C19H25NO. The van der Waals surface area contributed by atoms with Gasteiger partial charge in [0.1, 0.15) is 5.75 Å². The third-order valence-electron chi connectivity index (χ3n) is 4.29. The Morgan fingerprint density at radius 3 is 1.95 bits per heavy atom. The van der Waals surface area contributed by atoms with Gasteiger partial charge >= 0.3 is 0 Å². The highest BCUT2D eigenvalue weighted by Crippen LogP contribution is 2.30. The van der Waals surface area contributed by atoms with E-state index in [1.165, 1.54) is 27.8 Å². The Bertz CT molecular complexity index is 603. The summed E-state index contributed by atoms with van der Waals surface area (Å²) >= 11 is 0. The molecule has 0 aliphatic rings. The molecule has 2 N–H and O–H groups in total. The highest BCUT2D eigenvalue weighted by Gasteiger charge is 2.17. The molecule has 0 saturated heterocycles. The average Bonchev–Trinajstić information content (AvgIpc) is 2.46. The number of aryl methyl sites for hydroxylation is 2. The zero-order chi connectivity index (χ0) is 15.6. The zero-order valence-electron chi connectivity index (χ0n) is 13.7. The lowest BCUT2D eigenvalue weighted by Gasteiger charge is -2.21. The summed E-state index contributed by atoms with van der Waals surface area (Å²) in [4.78, 5) is 0. The maximum Gasteiger partial charge on any atom is 0.119 e. The van der Waals surface area contributed by atoms with Crippen molar-refractivity contribution in [2.45, 2.75) is 40.7 Å². The van der Waals surface area contributed by atoms with Crippen LogP contribution < -0.4 is 10.5 Å². The van der Waals surface area contributed by atoms with E-state index in [1.807, 2.05) is 19.1 Å². The molecule has 21 heavy (non-hydrogen) atoms. The van der Waals surface area contributed by atoms with E-state index in [9.17, 15) is 0 Å². The molecule has 0 aliphatic carbocycles. The summed E-state index contributed by atoms with van der Waals surface area (Å²) in [6, 6.07) is 10.2. The standard InChI is InChI=1S/C19H25NO/c1-6-21-17-9-7-16(8-10-17)19(20)18-14(4)12(2)11-13(3)15(18)5/h7-11,19H,6,20H2,1-5H3. The Morgan fingerprint density at radius 1 is 0.952 bits per heavy atom. The van der Waals surface area contributed by atoms with E-state index < -0.39 is 0 Å². The summed E-state index contributed by atoms with van der Waals surface area (Å²) in [6.45, 7) is 11.3. The molecule has 112 valence electrons. The van der Waals surface area contributed by atoms with Crippen molar-refractivity contribution in [2.24, 2.45) is 5.73 Å². The molecule has 0 heterocycles. The highest BCUT2D eigenvalue weighted by atomic mass is 16.5. The maximum absolute atomic E-state index is 6.54. The minimum absolute atomic E-state index is 0.0979. The van der Waals surface area contributed by atoms with Crippen LogP contribution in [0, 0.1) is 27.7 Å². The van der Waals surface area contributed by atoms with Gasteiger partial charge in [-0.25, -0.2) is 0 Å². The zero-order valence-corrected chi connectivity index (χ0v) is 13.7. The van der Waals surface area contributed by atoms with Crippen LogP contribution in [0.3, 0.4) is 0 Å². The SMILES string of the molecule is CCOc1ccc(C(N)c2c(C)c(C)cc(C)c2C)cc1. The number of benzene rings is 2. The van der Waals surface area contributed by atoms with Crippen LogP contribution in [-0.4, -0.2) is 6.61 Å². The predicted molar refractivity (Wildman–Crippen MR) is 89.0 cm³/mol. The van der Waals surface area contributed by atoms with Crippen LogP contribution in [-0.2, 0) is 0 Å². The van der Waals surface area contributed by atoms with Crippen LogP contribution in [0.1, 0.15) is 46.3 Å². The van der Waals surface area contributed by atoms with Crippen molar-refractivity contribution in [3.63, 3.8) is 0 Å². The number of hydrogen-bond acceptors (Lipinski definition) is 2. The quantitative estimate of drug-likeness (QED) is 0.904. The van der Waals surface area contributed by atoms with Gasteiger partial charge in [0.25, 0.3) is 0 Å². The van der Waals surface area contributed by atoms with Crippen molar-refractivity contribution in [1.82, 2.24) is 0 Å². The topological polar surface area (TPSA) is 35.2 Å². The molecule has 2 rings (SSSR count). The van der Waals surface area contributed by atoms with Crippen LogP contribution in [0.25, 0.3) is 0 Å². The molecule has 2 aromatic rings. The largest absolute Gasteiger partial charge is 0.494 e. The first-order chi connectivity index (χ1) is 9.95. The normalized spacial score (nSPS) is 12.3. The number of nitrogens with two attached hydrogens (primary N) is 1. The van der Waals surface area contributed by atoms with Crippen molar-refractivity contribution in [3.8, 4) is 5.75 Å². The fraction of sp³-hybridized carbons (Fsp3) is 0.368. The summed E-state index contributed by atoms with van der Waals surface area (Å²) in [5.41, 5.74) is 14.1. The predicted octanol–water partition coefficient (Wildman–Crippen LogP) is 4.37. The van der Waals surface area contributed by atoms with Gasteiger partial charge in [-0.15, -0.1) is 0 Å². The van der Waals surface area contributed by atoms with Gasteiger partial charge in [0.05, 0.1) is 12.6 Å². The Hall–Kier alpha value is -1.80. The summed E-state index contributed by atoms with van der Waals surface area (Å²) in [7, 11) is 0. The van der Waals surface area contributed by atoms with Crippen LogP contribution in [0.4, 0.5) is 0 Å². The van der Waals surface area contributed by atoms with Gasteiger partial charge in [-0.05, 0) is 80.1 Å². The molecule has 1 unspecified atom stereocenters. The second-order valence-corrected chi connectivity index (χ2v) is 5.65. The molecule has 0 bridgehead atoms. The summed E-state index contributed by atoms with van der Waals surface area (Å²) in [5.74, 6) is 0.891. The number of rotatable bonds is 4. The maximum atomic E-state index is 6.54. The third-order valence-corrected chi connectivity index (χ3v) is 4.29. The molecule has 2 aromatic carbocycles. The number of ether oxygens (including phenoxy) is 1. The molecule has 0 amide bonds. The first kappa shape index (κ1) is 15.6. The molecule has 2 nitrogen and oxygen atoms in total. The van der Waals surface area contributed by atoms with E-state index in [2.05, 4.69) is 45.9 Å². The van der Waals surface area contributed by atoms with E-state index >= 15 is 0 Å². The molecule has 0 aliphatic heterocycles. The minimum atomic E-state index is -0.0979. The first-order valence-corrected chi connectivity index (χ1v) is 7.51. The molecule has 2 heteroatoms. The third kappa shape index (κ3) is 3.11. The van der Waals surface area contributed by atoms with E-state index in [0.717, 1.165) is 11.3 Å². The minimum Gasteiger partial charge on any atom is -0.494 e. The fourth-order valence-electron chi connectivity index (χ4n) is 2.82. The van der Waals surface area contributed by atoms with Crippen molar-refractivity contribution in [2.75, 3.05) is 6.61 Å². The highest BCUT2D eigenvalue weighted by molar-refractivity contribution is 5.49. The van der Waals surface area contributed by atoms with Gasteiger partial charge in [-0.2, -0.15) is 0 Å². The molecule has 0 aromatic heterocycles. The molecule has 1 atom stereocenters. The first-order valence-electron chi connectivity index (χ1n) is 7.51. The Balaban J connectivity index is 2.42. The average molecular weight is 283 g/mol. The van der Waals surface area contributed by atoms with Crippen LogP contribution in [0.2, 0.25) is 0 Å². The number of hydrogen-bond donors (Lipinski definition) is 1. The van der Waals surface area contributed by atoms with E-state index in [-0.39, 0.29) is 6.04 Å². The molecule has 0 spiro atoms. The second kappa shape index (κ2) is 6.31. The second-order valence-electron chi connectivity index (χ2n) is 5.65. The van der Waals surface area contributed by atoms with Gasteiger partial charge < -0.3 is 10.5 Å². The lowest BCUT2D eigenvalue weighted by atomic mass is 9.87. The molecular weight excluding hydrogens is 258 g/mol. The van der Waals surface area contributed by atoms with Gasteiger partial charge in [0, 0.05) is 0 Å². The lowest BCUT2D eigenvalue weighted by Crippen LogP contribution is -2.16. The molecule has 0 fully saturated rings. The van der Waals surface area contributed by atoms with Gasteiger partial charge in [-0.3, -0.25) is 0 Å². The summed E-state index contributed by atoms with van der Waals surface area (Å²) in [5, 5.41) is 0. The van der Waals surface area contributed by atoms with Crippen molar-refractivity contribution in [3.05, 3.63) is 63.7 Å². The van der Waals surface area contributed by atoms with E-state index in [4.69, 9.17) is 10.5 Å². The molecule has 0 radical (unpaired) electrons. The van der Waals surface area contributed by atoms with Crippen LogP contribution >= 0.6 is 0 Å². The summed E-state index contributed by atoms with van der Waals surface area (Å²) in [6.07, 6.45) is 0. The van der Waals surface area contributed by atoms with Crippen molar-refractivity contribution < 1.29 is 4.74 Å². The van der Waals surface area contributed by atoms with Gasteiger partial charge in [0.2, 0.25) is 0 Å². The van der Waals surface area contributed by atoms with E-state index in [1.54, 1.807) is 0 Å². The Morgan fingerprint density at radius 2 is 1.48 bits per heavy atom. The van der Waals surface area contributed by atoms with Crippen molar-refractivity contribution in [1.29, 1.82) is 0 Å². The van der Waals surface area contributed by atoms with E-state index in [0.29, 0.717) is 6.61 Å².